The molecule has 1 unspecified atom stereocenters. The van der Waals surface area contributed by atoms with Crippen molar-refractivity contribution in [2.24, 2.45) is 5.92 Å². The summed E-state index contributed by atoms with van der Waals surface area (Å²) in [5.41, 5.74) is 0. The van der Waals surface area contributed by atoms with Crippen LogP contribution in [0.4, 0.5) is 0 Å². The Balaban J connectivity index is 1.43. The number of hydrogen-bond acceptors (Lipinski definition) is 3. The number of nitrogens with zero attached hydrogens (tertiary/aromatic N) is 2. The molecule has 3 heterocycles. The van der Waals surface area contributed by atoms with Crippen molar-refractivity contribution < 1.29 is 0 Å². The lowest BCUT2D eigenvalue weighted by molar-refractivity contribution is 0.159. The normalized spacial score (nSPS) is 38.8. The van der Waals surface area contributed by atoms with Crippen molar-refractivity contribution in [2.45, 2.75) is 50.6 Å². The molecular formula is C15H29N3. The van der Waals surface area contributed by atoms with Gasteiger partial charge < -0.3 is 15.1 Å². The average molecular weight is 251 g/mol. The second-order valence-corrected chi connectivity index (χ2v) is 6.64. The van der Waals surface area contributed by atoms with Gasteiger partial charge in [0.25, 0.3) is 0 Å². The van der Waals surface area contributed by atoms with Gasteiger partial charge >= 0.3 is 0 Å². The maximum atomic E-state index is 3.71. The SMILES string of the molecule is CN1CCCCC1CCN1C[C@@H]2CCCN[C@@H]2C1. The monoisotopic (exact) mass is 251 g/mol. The molecule has 18 heavy (non-hydrogen) atoms. The molecular weight excluding hydrogens is 222 g/mol. The van der Waals surface area contributed by atoms with Gasteiger partial charge in [-0.3, -0.25) is 0 Å². The fourth-order valence-electron chi connectivity index (χ4n) is 4.16. The summed E-state index contributed by atoms with van der Waals surface area (Å²) in [6.07, 6.45) is 8.51. The van der Waals surface area contributed by atoms with E-state index in [4.69, 9.17) is 0 Å². The molecule has 3 rings (SSSR count). The third-order valence-electron chi connectivity index (χ3n) is 5.37. The maximum Gasteiger partial charge on any atom is 0.0235 e. The molecule has 3 aliphatic rings. The minimum Gasteiger partial charge on any atom is -0.312 e. The number of rotatable bonds is 3. The molecule has 0 bridgehead atoms. The van der Waals surface area contributed by atoms with E-state index in [0.29, 0.717) is 0 Å². The van der Waals surface area contributed by atoms with Crippen molar-refractivity contribution in [1.29, 1.82) is 0 Å². The van der Waals surface area contributed by atoms with Crippen LogP contribution in [-0.2, 0) is 0 Å². The highest BCUT2D eigenvalue weighted by atomic mass is 15.2. The summed E-state index contributed by atoms with van der Waals surface area (Å²) in [6.45, 7) is 6.55. The zero-order chi connectivity index (χ0) is 12.4. The summed E-state index contributed by atoms with van der Waals surface area (Å²) >= 11 is 0. The van der Waals surface area contributed by atoms with Gasteiger partial charge in [0.15, 0.2) is 0 Å². The summed E-state index contributed by atoms with van der Waals surface area (Å²) in [7, 11) is 2.31. The lowest BCUT2D eigenvalue weighted by Crippen LogP contribution is -2.41. The molecule has 1 N–H and O–H groups in total. The topological polar surface area (TPSA) is 18.5 Å². The zero-order valence-electron chi connectivity index (χ0n) is 11.9. The first-order valence-corrected chi connectivity index (χ1v) is 7.99. The molecule has 3 atom stereocenters. The van der Waals surface area contributed by atoms with Crippen molar-refractivity contribution in [2.75, 3.05) is 39.8 Å². The Bertz CT molecular complexity index is 254. The quantitative estimate of drug-likeness (QED) is 0.821. The summed E-state index contributed by atoms with van der Waals surface area (Å²) < 4.78 is 0. The van der Waals surface area contributed by atoms with Gasteiger partial charge in [0.1, 0.15) is 0 Å². The van der Waals surface area contributed by atoms with Gasteiger partial charge in [0, 0.05) is 25.2 Å². The molecule has 3 nitrogen and oxygen atoms in total. The van der Waals surface area contributed by atoms with E-state index in [-0.39, 0.29) is 0 Å². The van der Waals surface area contributed by atoms with Crippen LogP contribution < -0.4 is 5.32 Å². The highest BCUT2D eigenvalue weighted by molar-refractivity contribution is 4.92. The van der Waals surface area contributed by atoms with E-state index in [1.165, 1.54) is 71.2 Å². The predicted molar refractivity (Wildman–Crippen MR) is 75.8 cm³/mol. The first-order valence-electron chi connectivity index (χ1n) is 7.99. The Hall–Kier alpha value is -0.120. The largest absolute Gasteiger partial charge is 0.312 e. The maximum absolute atomic E-state index is 3.71. The van der Waals surface area contributed by atoms with Crippen molar-refractivity contribution >= 4 is 0 Å². The Morgan fingerprint density at radius 3 is 2.89 bits per heavy atom. The van der Waals surface area contributed by atoms with E-state index in [9.17, 15) is 0 Å². The number of piperidine rings is 2. The van der Waals surface area contributed by atoms with Crippen molar-refractivity contribution in [3.05, 3.63) is 0 Å². The highest BCUT2D eigenvalue weighted by Gasteiger charge is 2.34. The van der Waals surface area contributed by atoms with Crippen LogP contribution in [0.2, 0.25) is 0 Å². The van der Waals surface area contributed by atoms with Crippen LogP contribution in [0.1, 0.15) is 38.5 Å². The van der Waals surface area contributed by atoms with Crippen LogP contribution >= 0.6 is 0 Å². The predicted octanol–water partition coefficient (Wildman–Crippen LogP) is 1.54. The van der Waals surface area contributed by atoms with Gasteiger partial charge in [0.2, 0.25) is 0 Å². The Morgan fingerprint density at radius 1 is 1.11 bits per heavy atom. The van der Waals surface area contributed by atoms with Gasteiger partial charge in [-0.15, -0.1) is 0 Å². The van der Waals surface area contributed by atoms with Gasteiger partial charge in [-0.1, -0.05) is 6.42 Å². The van der Waals surface area contributed by atoms with Gasteiger partial charge in [0.05, 0.1) is 0 Å². The molecule has 0 aromatic heterocycles. The van der Waals surface area contributed by atoms with Crippen molar-refractivity contribution in [1.82, 2.24) is 15.1 Å². The molecule has 0 radical (unpaired) electrons. The molecule has 3 aliphatic heterocycles. The van der Waals surface area contributed by atoms with Crippen LogP contribution in [0.15, 0.2) is 0 Å². The molecule has 0 amide bonds. The van der Waals surface area contributed by atoms with Crippen LogP contribution in [0.25, 0.3) is 0 Å². The second kappa shape index (κ2) is 5.89. The van der Waals surface area contributed by atoms with E-state index in [2.05, 4.69) is 22.2 Å². The molecule has 0 aliphatic carbocycles. The fraction of sp³-hybridized carbons (Fsp3) is 1.00. The second-order valence-electron chi connectivity index (χ2n) is 6.64. The van der Waals surface area contributed by atoms with Crippen LogP contribution in [0.3, 0.4) is 0 Å². The molecule has 0 spiro atoms. The smallest absolute Gasteiger partial charge is 0.0235 e. The van der Waals surface area contributed by atoms with E-state index in [1.54, 1.807) is 0 Å². The number of hydrogen-bond donors (Lipinski definition) is 1. The minimum atomic E-state index is 0.808. The molecule has 104 valence electrons. The zero-order valence-corrected chi connectivity index (χ0v) is 11.9. The first-order chi connectivity index (χ1) is 8.83. The van der Waals surface area contributed by atoms with Gasteiger partial charge in [-0.2, -0.15) is 0 Å². The van der Waals surface area contributed by atoms with Crippen LogP contribution in [0, 0.1) is 5.92 Å². The third kappa shape index (κ3) is 2.89. The van der Waals surface area contributed by atoms with E-state index < -0.39 is 0 Å². The average Bonchev–Trinajstić information content (AvgIpc) is 2.80. The fourth-order valence-corrected chi connectivity index (χ4v) is 4.16. The molecule has 3 saturated heterocycles. The lowest BCUT2D eigenvalue weighted by Gasteiger charge is -2.33. The lowest BCUT2D eigenvalue weighted by atomic mass is 9.94. The van der Waals surface area contributed by atoms with Crippen LogP contribution in [-0.4, -0.2) is 61.7 Å². The van der Waals surface area contributed by atoms with Crippen molar-refractivity contribution in [3.63, 3.8) is 0 Å². The van der Waals surface area contributed by atoms with Crippen molar-refractivity contribution in [3.8, 4) is 0 Å². The number of nitrogens with one attached hydrogen (secondary N) is 1. The Kier molecular flexibility index (Phi) is 4.22. The van der Waals surface area contributed by atoms with Crippen LogP contribution in [0.5, 0.6) is 0 Å². The summed E-state index contributed by atoms with van der Waals surface area (Å²) in [5, 5.41) is 3.71. The number of fused-ring (bicyclic) bond motifs is 1. The first kappa shape index (κ1) is 12.9. The molecule has 3 fully saturated rings. The summed E-state index contributed by atoms with van der Waals surface area (Å²) in [4.78, 5) is 5.31. The highest BCUT2D eigenvalue weighted by Crippen LogP contribution is 2.26. The molecule has 0 aromatic carbocycles. The standard InChI is InChI=1S/C15H29N3/c1-17-9-3-2-6-14(17)7-10-18-11-13-5-4-8-16-15(13)12-18/h13-16H,2-12H2,1H3/t13-,14?,15+/m0/s1. The minimum absolute atomic E-state index is 0.808. The van der Waals surface area contributed by atoms with Gasteiger partial charge in [-0.05, 0) is 64.7 Å². The van der Waals surface area contributed by atoms with E-state index >= 15 is 0 Å². The Labute approximate surface area is 112 Å². The Morgan fingerprint density at radius 2 is 2.06 bits per heavy atom. The molecule has 0 aromatic rings. The summed E-state index contributed by atoms with van der Waals surface area (Å²) in [6, 6.07) is 1.66. The molecule has 3 heteroatoms. The van der Waals surface area contributed by atoms with Gasteiger partial charge in [-0.25, -0.2) is 0 Å². The third-order valence-corrected chi connectivity index (χ3v) is 5.37. The molecule has 0 saturated carbocycles. The summed E-state index contributed by atoms with van der Waals surface area (Å²) in [5.74, 6) is 0.947. The van der Waals surface area contributed by atoms with E-state index in [1.807, 2.05) is 0 Å². The van der Waals surface area contributed by atoms with E-state index in [0.717, 1.165) is 18.0 Å². The number of likely N-dealkylation sites (tertiary alicyclic amines) is 2.